The van der Waals surface area contributed by atoms with E-state index in [2.05, 4.69) is 5.32 Å². The highest BCUT2D eigenvalue weighted by molar-refractivity contribution is 5.05. The normalized spacial score (nSPS) is 43.6. The molecule has 19 heavy (non-hydrogen) atoms. The summed E-state index contributed by atoms with van der Waals surface area (Å²) < 4.78 is 0. The van der Waals surface area contributed by atoms with Crippen LogP contribution in [0.3, 0.4) is 0 Å². The smallest absolute Gasteiger partial charge is 0.00684 e. The van der Waals surface area contributed by atoms with Crippen LogP contribution < -0.4 is 5.32 Å². The summed E-state index contributed by atoms with van der Waals surface area (Å²) in [6, 6.07) is 0.904. The molecule has 0 saturated heterocycles. The molecule has 3 unspecified atom stereocenters. The van der Waals surface area contributed by atoms with Gasteiger partial charge in [0, 0.05) is 12.6 Å². The first kappa shape index (κ1) is 12.7. The lowest BCUT2D eigenvalue weighted by molar-refractivity contribution is 0.0615. The van der Waals surface area contributed by atoms with Gasteiger partial charge in [-0.1, -0.05) is 32.1 Å². The van der Waals surface area contributed by atoms with Gasteiger partial charge < -0.3 is 5.32 Å². The first-order valence-corrected chi connectivity index (χ1v) is 9.10. The van der Waals surface area contributed by atoms with E-state index >= 15 is 0 Å². The third-order valence-electron chi connectivity index (χ3n) is 6.99. The topological polar surface area (TPSA) is 12.0 Å². The predicted octanol–water partition coefficient (Wildman–Crippen LogP) is 4.52. The van der Waals surface area contributed by atoms with Crippen LogP contribution in [0.1, 0.15) is 77.0 Å². The zero-order chi connectivity index (χ0) is 12.7. The summed E-state index contributed by atoms with van der Waals surface area (Å²) in [4.78, 5) is 0. The van der Waals surface area contributed by atoms with Crippen LogP contribution in [-0.2, 0) is 0 Å². The van der Waals surface area contributed by atoms with Crippen molar-refractivity contribution in [2.24, 2.45) is 23.2 Å². The average molecular weight is 261 g/mol. The highest BCUT2D eigenvalue weighted by Gasteiger charge is 2.54. The van der Waals surface area contributed by atoms with Gasteiger partial charge in [0.25, 0.3) is 0 Å². The quantitative estimate of drug-likeness (QED) is 0.734. The Labute approximate surface area is 118 Å². The van der Waals surface area contributed by atoms with Gasteiger partial charge >= 0.3 is 0 Å². The molecule has 1 heteroatoms. The molecule has 4 rings (SSSR count). The minimum absolute atomic E-state index is 0.732. The molecule has 0 aromatic heterocycles. The summed E-state index contributed by atoms with van der Waals surface area (Å²) in [7, 11) is 0. The second-order valence-corrected chi connectivity index (χ2v) is 8.16. The monoisotopic (exact) mass is 261 g/mol. The van der Waals surface area contributed by atoms with Gasteiger partial charge in [-0.15, -0.1) is 0 Å². The van der Waals surface area contributed by atoms with E-state index < -0.39 is 0 Å². The molecule has 0 radical (unpaired) electrons. The Morgan fingerprint density at radius 3 is 2.16 bits per heavy atom. The van der Waals surface area contributed by atoms with Crippen molar-refractivity contribution in [3.63, 3.8) is 0 Å². The van der Waals surface area contributed by atoms with Crippen LogP contribution in [0.4, 0.5) is 0 Å². The molecule has 3 atom stereocenters. The molecule has 4 aliphatic carbocycles. The molecule has 0 aliphatic heterocycles. The van der Waals surface area contributed by atoms with Gasteiger partial charge in [0.2, 0.25) is 0 Å². The molecule has 4 saturated carbocycles. The van der Waals surface area contributed by atoms with Crippen molar-refractivity contribution in [2.75, 3.05) is 6.54 Å². The van der Waals surface area contributed by atoms with Crippen molar-refractivity contribution < 1.29 is 0 Å². The number of hydrogen-bond acceptors (Lipinski definition) is 1. The molecule has 1 N–H and O–H groups in total. The van der Waals surface area contributed by atoms with E-state index in [1.807, 2.05) is 0 Å². The minimum atomic E-state index is 0.732. The number of nitrogens with one attached hydrogen (secondary N) is 1. The SMILES string of the molecule is C1CCCC(C2(CNC3CC3)CC3CCC2C3)CC1. The maximum Gasteiger partial charge on any atom is 0.00684 e. The van der Waals surface area contributed by atoms with Gasteiger partial charge in [0.05, 0.1) is 0 Å². The van der Waals surface area contributed by atoms with E-state index in [4.69, 9.17) is 0 Å². The molecule has 1 nitrogen and oxygen atoms in total. The summed E-state index contributed by atoms with van der Waals surface area (Å²) in [6.45, 7) is 1.38. The van der Waals surface area contributed by atoms with Gasteiger partial charge in [0.15, 0.2) is 0 Å². The first-order valence-electron chi connectivity index (χ1n) is 9.10. The van der Waals surface area contributed by atoms with Gasteiger partial charge in [-0.25, -0.2) is 0 Å². The highest BCUT2D eigenvalue weighted by atomic mass is 15.0. The van der Waals surface area contributed by atoms with Crippen LogP contribution in [-0.4, -0.2) is 12.6 Å². The summed E-state index contributed by atoms with van der Waals surface area (Å²) in [5.41, 5.74) is 0.732. The molecule has 0 heterocycles. The van der Waals surface area contributed by atoms with E-state index in [9.17, 15) is 0 Å². The third kappa shape index (κ3) is 2.37. The van der Waals surface area contributed by atoms with E-state index in [1.165, 1.54) is 45.1 Å². The van der Waals surface area contributed by atoms with Crippen LogP contribution in [0.15, 0.2) is 0 Å². The fourth-order valence-corrected chi connectivity index (χ4v) is 5.82. The Morgan fingerprint density at radius 1 is 0.789 bits per heavy atom. The molecule has 108 valence electrons. The molecular weight excluding hydrogens is 230 g/mol. The highest BCUT2D eigenvalue weighted by Crippen LogP contribution is 2.61. The molecule has 0 spiro atoms. The summed E-state index contributed by atoms with van der Waals surface area (Å²) in [5, 5.41) is 3.94. The van der Waals surface area contributed by atoms with E-state index in [0.717, 1.165) is 29.2 Å². The van der Waals surface area contributed by atoms with Crippen molar-refractivity contribution >= 4 is 0 Å². The third-order valence-corrected chi connectivity index (χ3v) is 6.99. The zero-order valence-corrected chi connectivity index (χ0v) is 12.5. The van der Waals surface area contributed by atoms with Gasteiger partial charge in [0.1, 0.15) is 0 Å². The molecule has 2 bridgehead atoms. The molecule has 0 aromatic rings. The summed E-state index contributed by atoms with van der Waals surface area (Å²) >= 11 is 0. The van der Waals surface area contributed by atoms with Crippen molar-refractivity contribution in [1.82, 2.24) is 5.32 Å². The van der Waals surface area contributed by atoms with E-state index in [-0.39, 0.29) is 0 Å². The van der Waals surface area contributed by atoms with Crippen LogP contribution in [0.25, 0.3) is 0 Å². The van der Waals surface area contributed by atoms with Gasteiger partial charge in [-0.2, -0.15) is 0 Å². The average Bonchev–Trinajstić information content (AvgIpc) is 3.14. The fourth-order valence-electron chi connectivity index (χ4n) is 5.82. The number of hydrogen-bond donors (Lipinski definition) is 1. The standard InChI is InChI=1S/C18H31N/c1-2-4-6-15(5-3-1)18(13-19-17-9-10-17)12-14-7-8-16(18)11-14/h14-17,19H,1-13H2. The summed E-state index contributed by atoms with van der Waals surface area (Å²) in [5.74, 6) is 3.26. The predicted molar refractivity (Wildman–Crippen MR) is 80.1 cm³/mol. The van der Waals surface area contributed by atoms with Gasteiger partial charge in [-0.3, -0.25) is 0 Å². The van der Waals surface area contributed by atoms with Crippen LogP contribution in [0.5, 0.6) is 0 Å². The Morgan fingerprint density at radius 2 is 1.58 bits per heavy atom. The largest absolute Gasteiger partial charge is 0.313 e. The molecule has 4 fully saturated rings. The first-order chi connectivity index (χ1) is 9.37. The number of fused-ring (bicyclic) bond motifs is 2. The Balaban J connectivity index is 1.52. The lowest BCUT2D eigenvalue weighted by Crippen LogP contribution is -2.45. The van der Waals surface area contributed by atoms with Crippen molar-refractivity contribution in [1.29, 1.82) is 0 Å². The molecule has 4 aliphatic rings. The van der Waals surface area contributed by atoms with Crippen LogP contribution in [0.2, 0.25) is 0 Å². The second kappa shape index (κ2) is 5.06. The van der Waals surface area contributed by atoms with Crippen molar-refractivity contribution in [2.45, 2.75) is 83.1 Å². The Bertz CT molecular complexity index is 314. The lowest BCUT2D eigenvalue weighted by atomic mass is 9.62. The Kier molecular flexibility index (Phi) is 3.38. The molecule has 0 amide bonds. The Hall–Kier alpha value is -0.0400. The fraction of sp³-hybridized carbons (Fsp3) is 1.00. The van der Waals surface area contributed by atoms with Gasteiger partial charge in [-0.05, 0) is 68.1 Å². The maximum atomic E-state index is 3.94. The molecule has 0 aromatic carbocycles. The van der Waals surface area contributed by atoms with Crippen LogP contribution in [0, 0.1) is 23.2 Å². The van der Waals surface area contributed by atoms with E-state index in [1.54, 1.807) is 38.5 Å². The zero-order valence-electron chi connectivity index (χ0n) is 12.5. The van der Waals surface area contributed by atoms with Crippen LogP contribution >= 0.6 is 0 Å². The second-order valence-electron chi connectivity index (χ2n) is 8.16. The number of rotatable bonds is 4. The van der Waals surface area contributed by atoms with E-state index in [0.29, 0.717) is 0 Å². The summed E-state index contributed by atoms with van der Waals surface area (Å²) in [6.07, 6.45) is 18.4. The minimum Gasteiger partial charge on any atom is -0.313 e. The maximum absolute atomic E-state index is 3.94. The lowest BCUT2D eigenvalue weighted by Gasteiger charge is -2.45. The molecular formula is C18H31N. The van der Waals surface area contributed by atoms with Crippen molar-refractivity contribution in [3.05, 3.63) is 0 Å². The van der Waals surface area contributed by atoms with Crippen molar-refractivity contribution in [3.8, 4) is 0 Å².